The van der Waals surface area contributed by atoms with Crippen LogP contribution in [0.15, 0.2) is 12.4 Å². The summed E-state index contributed by atoms with van der Waals surface area (Å²) in [5, 5.41) is 0. The van der Waals surface area contributed by atoms with E-state index in [1.165, 1.54) is 0 Å². The lowest BCUT2D eigenvalue weighted by Gasteiger charge is -2.49. The van der Waals surface area contributed by atoms with E-state index in [1.807, 2.05) is 6.92 Å². The Kier molecular flexibility index (Phi) is 3.97. The molecule has 1 saturated heterocycles. The van der Waals surface area contributed by atoms with Crippen molar-refractivity contribution in [2.75, 3.05) is 13.1 Å². The first kappa shape index (κ1) is 14.2. The summed E-state index contributed by atoms with van der Waals surface area (Å²) >= 11 is 0. The van der Waals surface area contributed by atoms with Crippen molar-refractivity contribution in [2.24, 2.45) is 0 Å². The molecule has 4 heteroatoms. The monoisotopic (exact) mass is 242 g/mol. The molecule has 0 aliphatic carbocycles. The predicted molar refractivity (Wildman–Crippen MR) is 67.3 cm³/mol. The van der Waals surface area contributed by atoms with Gasteiger partial charge in [0.05, 0.1) is 0 Å². The average Bonchev–Trinajstić information content (AvgIpc) is 2.18. The largest absolute Gasteiger partial charge is 0.331 e. The van der Waals surface area contributed by atoms with E-state index in [4.69, 9.17) is 0 Å². The average molecular weight is 242 g/mol. The van der Waals surface area contributed by atoms with Crippen molar-refractivity contribution < 1.29 is 9.18 Å². The summed E-state index contributed by atoms with van der Waals surface area (Å²) in [4.78, 5) is 15.6. The van der Waals surface area contributed by atoms with E-state index >= 15 is 0 Å². The number of amides is 1. The molecule has 0 aromatic rings. The molecule has 0 unspecified atom stereocenters. The number of nitrogens with zero attached hydrogens (tertiary/aromatic N) is 2. The van der Waals surface area contributed by atoms with Crippen molar-refractivity contribution in [2.45, 2.75) is 52.2 Å². The first-order chi connectivity index (χ1) is 7.64. The second-order valence-corrected chi connectivity index (χ2v) is 5.88. The molecule has 1 rings (SSSR count). The van der Waals surface area contributed by atoms with Gasteiger partial charge in [0.1, 0.15) is 0 Å². The molecule has 0 aromatic heterocycles. The molecule has 0 spiro atoms. The minimum Gasteiger partial charge on any atom is -0.331 e. The normalized spacial score (nSPS) is 27.1. The number of hydrogen-bond donors (Lipinski definition) is 0. The summed E-state index contributed by atoms with van der Waals surface area (Å²) in [6, 6.07) is 0.250. The zero-order chi connectivity index (χ0) is 13.4. The van der Waals surface area contributed by atoms with Gasteiger partial charge in [-0.15, -0.1) is 0 Å². The number of halogens is 1. The van der Waals surface area contributed by atoms with Gasteiger partial charge >= 0.3 is 0 Å². The molecular formula is C13H23FN2O. The Labute approximate surface area is 103 Å². The lowest BCUT2D eigenvalue weighted by atomic mass is 9.98. The first-order valence-corrected chi connectivity index (χ1v) is 6.06. The summed E-state index contributed by atoms with van der Waals surface area (Å²) in [6.07, 6.45) is 0. The quantitative estimate of drug-likeness (QED) is 0.658. The van der Waals surface area contributed by atoms with Crippen LogP contribution in [0.25, 0.3) is 0 Å². The van der Waals surface area contributed by atoms with Gasteiger partial charge in [-0.3, -0.25) is 9.69 Å². The highest BCUT2D eigenvalue weighted by molar-refractivity contribution is 5.90. The molecule has 3 nitrogen and oxygen atoms in total. The molecule has 0 N–H and O–H groups in total. The van der Waals surface area contributed by atoms with Crippen LogP contribution in [0, 0.1) is 0 Å². The smallest absolute Gasteiger partial charge is 0.282 e. The van der Waals surface area contributed by atoms with Gasteiger partial charge in [0.2, 0.25) is 0 Å². The maximum atomic E-state index is 12.9. The van der Waals surface area contributed by atoms with Gasteiger partial charge in [-0.25, -0.2) is 4.39 Å². The van der Waals surface area contributed by atoms with Crippen LogP contribution in [-0.2, 0) is 4.79 Å². The van der Waals surface area contributed by atoms with Crippen LogP contribution in [0.3, 0.4) is 0 Å². The van der Waals surface area contributed by atoms with Crippen LogP contribution in [0.1, 0.15) is 34.6 Å². The fraction of sp³-hybridized carbons (Fsp3) is 0.769. The van der Waals surface area contributed by atoms with E-state index in [-0.39, 0.29) is 17.6 Å². The van der Waals surface area contributed by atoms with Gasteiger partial charge in [0.15, 0.2) is 5.83 Å². The van der Waals surface area contributed by atoms with Gasteiger partial charge < -0.3 is 4.90 Å². The Morgan fingerprint density at radius 3 is 2.18 bits per heavy atom. The fourth-order valence-electron chi connectivity index (χ4n) is 2.50. The maximum absolute atomic E-state index is 12.9. The van der Waals surface area contributed by atoms with Crippen LogP contribution in [-0.4, -0.2) is 46.4 Å². The molecule has 0 aromatic carbocycles. The third-order valence-electron chi connectivity index (χ3n) is 3.34. The Balaban J connectivity index is 2.81. The summed E-state index contributed by atoms with van der Waals surface area (Å²) in [5.74, 6) is -1.44. The standard InChI is InChI=1S/C13H23FN2O/c1-9-8-16(13(4,5)6)10(2)7-15(9)12(17)11(3)14/h9-10H,3,7-8H2,1-2,4-6H3/t9-,10+/m1/s1. The number of carbonyl (C=O) groups excluding carboxylic acids is 1. The third kappa shape index (κ3) is 3.06. The van der Waals surface area contributed by atoms with Gasteiger partial charge in [-0.2, -0.15) is 0 Å². The molecule has 1 aliphatic rings. The molecule has 1 fully saturated rings. The second kappa shape index (κ2) is 4.77. The van der Waals surface area contributed by atoms with E-state index in [1.54, 1.807) is 4.90 Å². The van der Waals surface area contributed by atoms with Crippen LogP contribution >= 0.6 is 0 Å². The molecular weight excluding hydrogens is 219 g/mol. The highest BCUT2D eigenvalue weighted by Gasteiger charge is 2.37. The van der Waals surface area contributed by atoms with Crippen molar-refractivity contribution in [1.29, 1.82) is 0 Å². The summed E-state index contributed by atoms with van der Waals surface area (Å²) in [5.41, 5.74) is 0.0650. The minimum atomic E-state index is -0.867. The van der Waals surface area contributed by atoms with Gasteiger partial charge in [0, 0.05) is 30.7 Å². The zero-order valence-corrected chi connectivity index (χ0v) is 11.5. The summed E-state index contributed by atoms with van der Waals surface area (Å²) in [7, 11) is 0. The van der Waals surface area contributed by atoms with E-state index in [0.29, 0.717) is 6.54 Å². The van der Waals surface area contributed by atoms with Crippen LogP contribution in [0.4, 0.5) is 4.39 Å². The Hall–Kier alpha value is -0.900. The molecule has 1 heterocycles. The molecule has 17 heavy (non-hydrogen) atoms. The van der Waals surface area contributed by atoms with Crippen molar-refractivity contribution >= 4 is 5.91 Å². The Bertz CT molecular complexity index is 322. The molecule has 0 saturated carbocycles. The highest BCUT2D eigenvalue weighted by atomic mass is 19.1. The van der Waals surface area contributed by atoms with E-state index < -0.39 is 11.7 Å². The Morgan fingerprint density at radius 1 is 1.24 bits per heavy atom. The van der Waals surface area contributed by atoms with E-state index in [9.17, 15) is 9.18 Å². The minimum absolute atomic E-state index is 0.0189. The SMILES string of the molecule is C=C(F)C(=O)N1C[C@H](C)N(C(C)(C)C)C[C@H]1C. The van der Waals surface area contributed by atoms with Gasteiger partial charge in [0.25, 0.3) is 5.91 Å². The van der Waals surface area contributed by atoms with E-state index in [2.05, 4.69) is 39.2 Å². The maximum Gasteiger partial charge on any atom is 0.282 e. The molecule has 1 amide bonds. The summed E-state index contributed by atoms with van der Waals surface area (Å²) in [6.45, 7) is 14.9. The van der Waals surface area contributed by atoms with Crippen molar-refractivity contribution in [3.8, 4) is 0 Å². The fourth-order valence-corrected chi connectivity index (χ4v) is 2.50. The van der Waals surface area contributed by atoms with Crippen molar-refractivity contribution in [1.82, 2.24) is 9.80 Å². The molecule has 98 valence electrons. The second-order valence-electron chi connectivity index (χ2n) is 5.88. The molecule has 0 radical (unpaired) electrons. The zero-order valence-electron chi connectivity index (χ0n) is 11.5. The lowest BCUT2D eigenvalue weighted by molar-refractivity contribution is -0.136. The van der Waals surface area contributed by atoms with Gasteiger partial charge in [-0.05, 0) is 34.6 Å². The van der Waals surface area contributed by atoms with E-state index in [0.717, 1.165) is 6.54 Å². The van der Waals surface area contributed by atoms with Crippen molar-refractivity contribution in [3.05, 3.63) is 12.4 Å². The third-order valence-corrected chi connectivity index (χ3v) is 3.34. The number of piperazine rings is 1. The van der Waals surface area contributed by atoms with Crippen LogP contribution in [0.5, 0.6) is 0 Å². The topological polar surface area (TPSA) is 23.6 Å². The number of rotatable bonds is 1. The first-order valence-electron chi connectivity index (χ1n) is 6.06. The Morgan fingerprint density at radius 2 is 1.76 bits per heavy atom. The van der Waals surface area contributed by atoms with Crippen molar-refractivity contribution in [3.63, 3.8) is 0 Å². The molecule has 0 bridgehead atoms. The predicted octanol–water partition coefficient (Wildman–Crippen LogP) is 2.19. The van der Waals surface area contributed by atoms with Crippen LogP contribution < -0.4 is 0 Å². The van der Waals surface area contributed by atoms with Gasteiger partial charge in [-0.1, -0.05) is 6.58 Å². The highest BCUT2D eigenvalue weighted by Crippen LogP contribution is 2.24. The molecule has 2 atom stereocenters. The van der Waals surface area contributed by atoms with Crippen LogP contribution in [0.2, 0.25) is 0 Å². The molecule has 1 aliphatic heterocycles. The number of carbonyl (C=O) groups is 1. The summed E-state index contributed by atoms with van der Waals surface area (Å²) < 4.78 is 12.9. The lowest BCUT2D eigenvalue weighted by Crippen LogP contribution is -2.62. The number of hydrogen-bond acceptors (Lipinski definition) is 2.